The largest absolute Gasteiger partial charge is 0.330 e. The van der Waals surface area contributed by atoms with E-state index in [1.54, 1.807) is 8.61 Å². The quantitative estimate of drug-likeness (QED) is 0.726. The van der Waals surface area contributed by atoms with E-state index in [9.17, 15) is 8.42 Å². The number of rotatable bonds is 6. The second kappa shape index (κ2) is 5.00. The fourth-order valence-corrected chi connectivity index (χ4v) is 4.13. The first-order chi connectivity index (χ1) is 7.66. The summed E-state index contributed by atoms with van der Waals surface area (Å²) in [5.74, 6) is 0. The molecule has 2 N–H and O–H groups in total. The highest BCUT2D eigenvalue weighted by molar-refractivity contribution is 7.86. The van der Waals surface area contributed by atoms with Gasteiger partial charge in [-0.25, -0.2) is 0 Å². The molecule has 0 aromatic rings. The van der Waals surface area contributed by atoms with Crippen molar-refractivity contribution >= 4 is 10.2 Å². The molecule has 0 unspecified atom stereocenters. The summed E-state index contributed by atoms with van der Waals surface area (Å²) in [6.45, 7) is 2.51. The van der Waals surface area contributed by atoms with Gasteiger partial charge in [0.05, 0.1) is 0 Å². The lowest BCUT2D eigenvalue weighted by Crippen LogP contribution is -2.44. The SMILES string of the molecule is NCCCN(C1CC1)S(=O)(=O)N1CCCC1. The molecule has 0 atom stereocenters. The maximum absolute atomic E-state index is 12.3. The van der Waals surface area contributed by atoms with Crippen LogP contribution in [0.2, 0.25) is 0 Å². The summed E-state index contributed by atoms with van der Waals surface area (Å²) in [6, 6.07) is 0.247. The van der Waals surface area contributed by atoms with E-state index >= 15 is 0 Å². The highest BCUT2D eigenvalue weighted by Crippen LogP contribution is 2.31. The molecule has 2 fully saturated rings. The van der Waals surface area contributed by atoms with Crippen LogP contribution in [0.4, 0.5) is 0 Å². The van der Waals surface area contributed by atoms with E-state index < -0.39 is 10.2 Å². The summed E-state index contributed by atoms with van der Waals surface area (Å²) in [7, 11) is -3.20. The van der Waals surface area contributed by atoms with Crippen molar-refractivity contribution in [2.45, 2.75) is 38.1 Å². The molecule has 16 heavy (non-hydrogen) atoms. The highest BCUT2D eigenvalue weighted by atomic mass is 32.2. The normalized spacial score (nSPS) is 23.1. The molecule has 1 aliphatic carbocycles. The van der Waals surface area contributed by atoms with Gasteiger partial charge in [0.15, 0.2) is 0 Å². The van der Waals surface area contributed by atoms with Crippen LogP contribution >= 0.6 is 0 Å². The van der Waals surface area contributed by atoms with Gasteiger partial charge < -0.3 is 5.73 Å². The molecular weight excluding hydrogens is 226 g/mol. The first-order valence-corrected chi connectivity index (χ1v) is 7.53. The minimum absolute atomic E-state index is 0.247. The fourth-order valence-electron chi connectivity index (χ4n) is 2.16. The smallest absolute Gasteiger partial charge is 0.282 e. The molecule has 6 heteroatoms. The van der Waals surface area contributed by atoms with E-state index in [-0.39, 0.29) is 6.04 Å². The van der Waals surface area contributed by atoms with Gasteiger partial charge in [-0.1, -0.05) is 0 Å². The maximum Gasteiger partial charge on any atom is 0.282 e. The Kier molecular flexibility index (Phi) is 3.84. The Hall–Kier alpha value is -0.170. The summed E-state index contributed by atoms with van der Waals surface area (Å²) in [4.78, 5) is 0. The van der Waals surface area contributed by atoms with Gasteiger partial charge in [0.1, 0.15) is 0 Å². The van der Waals surface area contributed by atoms with E-state index in [1.165, 1.54) is 0 Å². The summed E-state index contributed by atoms with van der Waals surface area (Å²) >= 11 is 0. The van der Waals surface area contributed by atoms with Gasteiger partial charge in [0.2, 0.25) is 0 Å². The molecule has 5 nitrogen and oxygen atoms in total. The Morgan fingerprint density at radius 1 is 1.25 bits per heavy atom. The predicted molar refractivity (Wildman–Crippen MR) is 63.1 cm³/mol. The molecule has 2 aliphatic rings. The van der Waals surface area contributed by atoms with E-state index in [2.05, 4.69) is 0 Å². The third-order valence-electron chi connectivity index (χ3n) is 3.22. The third kappa shape index (κ3) is 2.56. The molecule has 1 saturated heterocycles. The lowest BCUT2D eigenvalue weighted by Gasteiger charge is -2.27. The summed E-state index contributed by atoms with van der Waals surface area (Å²) in [5, 5.41) is 0. The Labute approximate surface area is 97.8 Å². The number of nitrogens with zero attached hydrogens (tertiary/aromatic N) is 2. The lowest BCUT2D eigenvalue weighted by molar-refractivity contribution is 0.351. The van der Waals surface area contributed by atoms with Crippen molar-refractivity contribution in [3.05, 3.63) is 0 Å². The molecule has 0 amide bonds. The van der Waals surface area contributed by atoms with Crippen LogP contribution in [-0.4, -0.2) is 49.2 Å². The Morgan fingerprint density at radius 2 is 1.88 bits per heavy atom. The minimum Gasteiger partial charge on any atom is -0.330 e. The molecule has 0 spiro atoms. The van der Waals surface area contributed by atoms with Gasteiger partial charge in [-0.05, 0) is 38.6 Å². The molecule has 94 valence electrons. The van der Waals surface area contributed by atoms with Crippen LogP contribution in [0.15, 0.2) is 0 Å². The molecular formula is C10H21N3O2S. The van der Waals surface area contributed by atoms with Crippen LogP contribution in [0.3, 0.4) is 0 Å². The van der Waals surface area contributed by atoms with Crippen molar-refractivity contribution in [2.75, 3.05) is 26.2 Å². The highest BCUT2D eigenvalue weighted by Gasteiger charge is 2.40. The molecule has 0 radical (unpaired) electrons. The average molecular weight is 247 g/mol. The van der Waals surface area contributed by atoms with Crippen molar-refractivity contribution < 1.29 is 8.42 Å². The molecule has 1 saturated carbocycles. The lowest BCUT2D eigenvalue weighted by atomic mass is 10.4. The van der Waals surface area contributed by atoms with Gasteiger partial charge in [-0.2, -0.15) is 17.0 Å². The van der Waals surface area contributed by atoms with E-state index in [0.29, 0.717) is 26.2 Å². The van der Waals surface area contributed by atoms with Crippen LogP contribution in [0.1, 0.15) is 32.1 Å². The fraction of sp³-hybridized carbons (Fsp3) is 1.00. The summed E-state index contributed by atoms with van der Waals surface area (Å²) < 4.78 is 28.0. The number of nitrogens with two attached hydrogens (primary N) is 1. The zero-order valence-corrected chi connectivity index (χ0v) is 10.5. The van der Waals surface area contributed by atoms with Gasteiger partial charge in [-0.15, -0.1) is 0 Å². The zero-order chi connectivity index (χ0) is 11.6. The van der Waals surface area contributed by atoms with Crippen molar-refractivity contribution in [2.24, 2.45) is 5.73 Å². The van der Waals surface area contributed by atoms with Crippen LogP contribution in [0.25, 0.3) is 0 Å². The van der Waals surface area contributed by atoms with E-state index in [4.69, 9.17) is 5.73 Å². The topological polar surface area (TPSA) is 66.6 Å². The molecule has 1 heterocycles. The second-order valence-corrected chi connectivity index (χ2v) is 6.48. The van der Waals surface area contributed by atoms with Crippen molar-refractivity contribution in [1.82, 2.24) is 8.61 Å². The first kappa shape index (κ1) is 12.3. The molecule has 2 rings (SSSR count). The molecule has 0 aromatic carbocycles. The monoisotopic (exact) mass is 247 g/mol. The third-order valence-corrected chi connectivity index (χ3v) is 5.32. The summed E-state index contributed by atoms with van der Waals surface area (Å²) in [5.41, 5.74) is 5.46. The van der Waals surface area contributed by atoms with Crippen molar-refractivity contribution in [3.63, 3.8) is 0 Å². The Bertz CT molecular complexity index is 321. The number of hydrogen-bond donors (Lipinski definition) is 1. The van der Waals surface area contributed by atoms with E-state index in [0.717, 1.165) is 32.1 Å². The van der Waals surface area contributed by atoms with Crippen LogP contribution in [0.5, 0.6) is 0 Å². The van der Waals surface area contributed by atoms with Crippen LogP contribution in [0, 0.1) is 0 Å². The van der Waals surface area contributed by atoms with Gasteiger partial charge >= 0.3 is 0 Å². The molecule has 1 aliphatic heterocycles. The van der Waals surface area contributed by atoms with Crippen molar-refractivity contribution in [3.8, 4) is 0 Å². The minimum atomic E-state index is -3.20. The molecule has 0 aromatic heterocycles. The Balaban J connectivity index is 2.04. The maximum atomic E-state index is 12.3. The first-order valence-electron chi connectivity index (χ1n) is 6.13. The molecule has 0 bridgehead atoms. The Morgan fingerprint density at radius 3 is 2.38 bits per heavy atom. The summed E-state index contributed by atoms with van der Waals surface area (Å²) in [6.07, 6.45) is 4.77. The van der Waals surface area contributed by atoms with Crippen LogP contribution in [-0.2, 0) is 10.2 Å². The van der Waals surface area contributed by atoms with E-state index in [1.807, 2.05) is 0 Å². The number of hydrogen-bond acceptors (Lipinski definition) is 3. The van der Waals surface area contributed by atoms with Gasteiger partial charge in [0, 0.05) is 25.7 Å². The standard InChI is InChI=1S/C10H21N3O2S/c11-6-3-9-13(10-4-5-10)16(14,15)12-7-1-2-8-12/h10H,1-9,11H2. The average Bonchev–Trinajstić information content (AvgIpc) is 2.92. The van der Waals surface area contributed by atoms with Gasteiger partial charge in [0.25, 0.3) is 10.2 Å². The van der Waals surface area contributed by atoms with Crippen LogP contribution < -0.4 is 5.73 Å². The van der Waals surface area contributed by atoms with Crippen molar-refractivity contribution in [1.29, 1.82) is 0 Å². The van der Waals surface area contributed by atoms with Gasteiger partial charge in [-0.3, -0.25) is 0 Å². The second-order valence-electron chi connectivity index (χ2n) is 4.60. The predicted octanol–water partition coefficient (Wildman–Crippen LogP) is 0.140. The zero-order valence-electron chi connectivity index (χ0n) is 9.64.